The van der Waals surface area contributed by atoms with Gasteiger partial charge in [0.1, 0.15) is 5.76 Å². The van der Waals surface area contributed by atoms with Gasteiger partial charge in [0, 0.05) is 13.1 Å². The molecule has 28 heavy (non-hydrogen) atoms. The summed E-state index contributed by atoms with van der Waals surface area (Å²) in [6.45, 7) is 2.99. The van der Waals surface area contributed by atoms with E-state index in [0.717, 1.165) is 44.5 Å². The first kappa shape index (κ1) is 20.0. The van der Waals surface area contributed by atoms with Crippen LogP contribution >= 0.6 is 0 Å². The Bertz CT molecular complexity index is 852. The first-order valence-corrected chi connectivity index (χ1v) is 9.07. The van der Waals surface area contributed by atoms with Gasteiger partial charge >= 0.3 is 6.18 Å². The second kappa shape index (κ2) is 8.50. The summed E-state index contributed by atoms with van der Waals surface area (Å²) >= 11 is 0. The largest absolute Gasteiger partial charge is 0.452 e. The van der Waals surface area contributed by atoms with Crippen LogP contribution in [0.15, 0.2) is 46.0 Å². The predicted molar refractivity (Wildman–Crippen MR) is 96.9 cm³/mol. The molecule has 1 aromatic heterocycles. The lowest BCUT2D eigenvalue weighted by molar-refractivity contribution is -0.137. The number of furan rings is 1. The fraction of sp³-hybridized carbons (Fsp3) is 0.400. The maximum atomic E-state index is 12.8. The number of carbonyl (C=O) groups excluding carboxylic acids is 1. The van der Waals surface area contributed by atoms with Gasteiger partial charge in [-0.3, -0.25) is 4.79 Å². The van der Waals surface area contributed by atoms with E-state index in [-0.39, 0.29) is 18.3 Å². The molecule has 0 spiro atoms. The minimum atomic E-state index is -4.41. The molecule has 1 aromatic carbocycles. The Morgan fingerprint density at radius 3 is 2.64 bits per heavy atom. The van der Waals surface area contributed by atoms with Gasteiger partial charge in [0.2, 0.25) is 0 Å². The Hall–Kier alpha value is -2.77. The number of piperidine rings is 1. The number of carbonyl (C=O) groups is 1. The smallest absolute Gasteiger partial charge is 0.416 e. The third kappa shape index (κ3) is 4.94. The van der Waals surface area contributed by atoms with Gasteiger partial charge in [-0.05, 0) is 56.0 Å². The molecule has 0 atom stereocenters. The first-order valence-electron chi connectivity index (χ1n) is 9.07. The summed E-state index contributed by atoms with van der Waals surface area (Å²) in [5, 5.41) is 3.85. The van der Waals surface area contributed by atoms with Crippen molar-refractivity contribution in [2.45, 2.75) is 39.0 Å². The lowest BCUT2D eigenvalue weighted by Crippen LogP contribution is -2.35. The number of halogens is 3. The summed E-state index contributed by atoms with van der Waals surface area (Å²) < 4.78 is 43.9. The van der Waals surface area contributed by atoms with Crippen LogP contribution in [0.2, 0.25) is 0 Å². The van der Waals surface area contributed by atoms with E-state index in [9.17, 15) is 18.0 Å². The lowest BCUT2D eigenvalue weighted by atomic mass is 10.1. The van der Waals surface area contributed by atoms with Gasteiger partial charge in [-0.15, -0.1) is 0 Å². The van der Waals surface area contributed by atoms with Crippen molar-refractivity contribution in [3.63, 3.8) is 0 Å². The Kier molecular flexibility index (Phi) is 6.06. The summed E-state index contributed by atoms with van der Waals surface area (Å²) in [6.07, 6.45) is -1.30. The van der Waals surface area contributed by atoms with Crippen LogP contribution in [0.3, 0.4) is 0 Å². The highest BCUT2D eigenvalue weighted by Crippen LogP contribution is 2.29. The number of likely N-dealkylation sites (tertiary alicyclic amines) is 1. The van der Waals surface area contributed by atoms with Crippen LogP contribution in [0.25, 0.3) is 0 Å². The van der Waals surface area contributed by atoms with Crippen LogP contribution in [0.1, 0.15) is 53.6 Å². The zero-order chi connectivity index (χ0) is 20.1. The number of oxime groups is 1. The number of rotatable bonds is 5. The minimum absolute atomic E-state index is 0.0242. The van der Waals surface area contributed by atoms with Crippen molar-refractivity contribution in [1.29, 1.82) is 0 Å². The van der Waals surface area contributed by atoms with Gasteiger partial charge in [0.15, 0.2) is 12.4 Å². The highest BCUT2D eigenvalue weighted by atomic mass is 19.4. The number of nitrogens with zero attached hydrogens (tertiary/aromatic N) is 2. The number of benzene rings is 1. The van der Waals surface area contributed by atoms with Gasteiger partial charge in [0.05, 0.1) is 11.3 Å². The van der Waals surface area contributed by atoms with Crippen molar-refractivity contribution in [3.8, 4) is 0 Å². The quantitative estimate of drug-likeness (QED) is 0.537. The van der Waals surface area contributed by atoms with E-state index in [1.54, 1.807) is 24.0 Å². The van der Waals surface area contributed by atoms with Crippen LogP contribution in [-0.4, -0.2) is 29.6 Å². The van der Waals surface area contributed by atoms with Crippen LogP contribution in [-0.2, 0) is 17.6 Å². The summed E-state index contributed by atoms with van der Waals surface area (Å²) in [5.41, 5.74) is -0.121. The fourth-order valence-electron chi connectivity index (χ4n) is 2.99. The third-order valence-electron chi connectivity index (χ3n) is 4.53. The number of hydrogen-bond acceptors (Lipinski definition) is 4. The number of alkyl halides is 3. The average molecular weight is 394 g/mol. The molecule has 8 heteroatoms. The van der Waals surface area contributed by atoms with Crippen LogP contribution in [0.5, 0.6) is 0 Å². The molecule has 5 nitrogen and oxygen atoms in total. The second-order valence-electron chi connectivity index (χ2n) is 6.65. The van der Waals surface area contributed by atoms with Gasteiger partial charge in [-0.2, -0.15) is 13.2 Å². The highest BCUT2D eigenvalue weighted by Gasteiger charge is 2.30. The van der Waals surface area contributed by atoms with E-state index < -0.39 is 11.7 Å². The molecule has 0 aliphatic carbocycles. The van der Waals surface area contributed by atoms with Gasteiger partial charge < -0.3 is 14.2 Å². The van der Waals surface area contributed by atoms with E-state index in [0.29, 0.717) is 17.0 Å². The molecule has 0 bridgehead atoms. The predicted octanol–water partition coefficient (Wildman–Crippen LogP) is 4.87. The van der Waals surface area contributed by atoms with Crippen molar-refractivity contribution >= 4 is 11.6 Å². The molecule has 2 heterocycles. The monoisotopic (exact) mass is 394 g/mol. The molecule has 1 amide bonds. The standard InChI is InChI=1S/C20H21F3N2O3/c1-14(15-6-5-7-16(12-15)20(21,22)23)24-27-13-17-8-9-18(28-17)19(26)25-10-3-2-4-11-25/h5-9,12H,2-4,10-11,13H2,1H3/b24-14+. The van der Waals surface area contributed by atoms with E-state index in [1.165, 1.54) is 12.1 Å². The molecule has 1 aliphatic heterocycles. The molecule has 0 N–H and O–H groups in total. The van der Waals surface area contributed by atoms with Gasteiger partial charge in [0.25, 0.3) is 5.91 Å². The summed E-state index contributed by atoms with van der Waals surface area (Å²) in [4.78, 5) is 19.3. The lowest BCUT2D eigenvalue weighted by Gasteiger charge is -2.25. The summed E-state index contributed by atoms with van der Waals surface area (Å²) in [7, 11) is 0. The van der Waals surface area contributed by atoms with Crippen LogP contribution in [0.4, 0.5) is 13.2 Å². The van der Waals surface area contributed by atoms with Crippen LogP contribution in [0, 0.1) is 0 Å². The van der Waals surface area contributed by atoms with Crippen molar-refractivity contribution < 1.29 is 27.2 Å². The van der Waals surface area contributed by atoms with Crippen molar-refractivity contribution in [2.24, 2.45) is 5.16 Å². The van der Waals surface area contributed by atoms with Crippen molar-refractivity contribution in [2.75, 3.05) is 13.1 Å². The number of amides is 1. The normalized spacial score (nSPS) is 15.6. The Morgan fingerprint density at radius 2 is 1.93 bits per heavy atom. The molecule has 150 valence electrons. The Balaban J connectivity index is 1.59. The molecule has 1 saturated heterocycles. The van der Waals surface area contributed by atoms with Crippen LogP contribution < -0.4 is 0 Å². The summed E-state index contributed by atoms with van der Waals surface area (Å²) in [5.74, 6) is 0.523. The average Bonchev–Trinajstić information content (AvgIpc) is 3.16. The topological polar surface area (TPSA) is 55.0 Å². The van der Waals surface area contributed by atoms with Gasteiger partial charge in [-0.1, -0.05) is 17.3 Å². The highest BCUT2D eigenvalue weighted by molar-refractivity contribution is 5.98. The molecular formula is C20H21F3N2O3. The molecular weight excluding hydrogens is 373 g/mol. The van der Waals surface area contributed by atoms with Crippen molar-refractivity contribution in [1.82, 2.24) is 4.90 Å². The van der Waals surface area contributed by atoms with Gasteiger partial charge in [-0.25, -0.2) is 0 Å². The molecule has 1 fully saturated rings. The van der Waals surface area contributed by atoms with Crippen molar-refractivity contribution in [3.05, 3.63) is 59.0 Å². The third-order valence-corrected chi connectivity index (χ3v) is 4.53. The summed E-state index contributed by atoms with van der Waals surface area (Å²) in [6, 6.07) is 8.10. The molecule has 1 aliphatic rings. The molecule has 3 rings (SSSR count). The second-order valence-corrected chi connectivity index (χ2v) is 6.65. The minimum Gasteiger partial charge on any atom is -0.452 e. The molecule has 0 radical (unpaired) electrons. The first-order chi connectivity index (χ1) is 13.3. The SMILES string of the molecule is C/C(=N\OCc1ccc(C(=O)N2CCCCC2)o1)c1cccc(C(F)(F)F)c1. The maximum Gasteiger partial charge on any atom is 0.416 e. The zero-order valence-corrected chi connectivity index (χ0v) is 15.5. The molecule has 2 aromatic rings. The van der Waals surface area contributed by atoms with E-state index in [2.05, 4.69) is 5.16 Å². The fourth-order valence-corrected chi connectivity index (χ4v) is 2.99. The zero-order valence-electron chi connectivity index (χ0n) is 15.5. The molecule has 0 unspecified atom stereocenters. The Morgan fingerprint density at radius 1 is 1.18 bits per heavy atom. The van der Waals surface area contributed by atoms with E-state index >= 15 is 0 Å². The number of hydrogen-bond donors (Lipinski definition) is 0. The molecule has 0 saturated carbocycles. The Labute approximate surface area is 160 Å². The maximum absolute atomic E-state index is 12.8. The van der Waals surface area contributed by atoms with E-state index in [1.807, 2.05) is 0 Å². The van der Waals surface area contributed by atoms with E-state index in [4.69, 9.17) is 9.25 Å².